The van der Waals surface area contributed by atoms with Crippen molar-refractivity contribution < 1.29 is 9.59 Å². The third kappa shape index (κ3) is 1.91. The molecule has 0 unspecified atom stereocenters. The fourth-order valence-corrected chi connectivity index (χ4v) is 2.54. The summed E-state index contributed by atoms with van der Waals surface area (Å²) < 4.78 is 0. The summed E-state index contributed by atoms with van der Waals surface area (Å²) in [5, 5.41) is 0.453. The quantitative estimate of drug-likeness (QED) is 0.789. The SMILES string of the molecule is CCc1cccc(N2C(=O)c3ccc(Cl)cc3C2=O)c1. The standard InChI is InChI=1S/C16H12ClNO2/c1-2-10-4-3-5-12(8-10)18-15(19)13-7-6-11(17)9-14(13)16(18)20/h3-9H,2H2,1H3. The molecule has 0 radical (unpaired) electrons. The van der Waals surface area contributed by atoms with E-state index in [2.05, 4.69) is 0 Å². The van der Waals surface area contributed by atoms with Crippen molar-refractivity contribution in [1.29, 1.82) is 0 Å². The number of halogens is 1. The molecule has 2 aromatic rings. The van der Waals surface area contributed by atoms with Crippen molar-refractivity contribution in [3.8, 4) is 0 Å². The highest BCUT2D eigenvalue weighted by Gasteiger charge is 2.36. The number of carbonyl (C=O) groups excluding carboxylic acids is 2. The molecule has 2 amide bonds. The van der Waals surface area contributed by atoms with E-state index in [1.54, 1.807) is 24.3 Å². The molecule has 1 heterocycles. The predicted molar refractivity (Wildman–Crippen MR) is 78.4 cm³/mol. The Hall–Kier alpha value is -2.13. The number of carbonyl (C=O) groups is 2. The van der Waals surface area contributed by atoms with Crippen molar-refractivity contribution in [1.82, 2.24) is 0 Å². The van der Waals surface area contributed by atoms with Crippen LogP contribution in [-0.4, -0.2) is 11.8 Å². The van der Waals surface area contributed by atoms with Crippen LogP contribution >= 0.6 is 11.6 Å². The van der Waals surface area contributed by atoms with E-state index in [9.17, 15) is 9.59 Å². The van der Waals surface area contributed by atoms with E-state index in [1.807, 2.05) is 25.1 Å². The van der Waals surface area contributed by atoms with E-state index in [1.165, 1.54) is 4.90 Å². The summed E-state index contributed by atoms with van der Waals surface area (Å²) in [5.41, 5.74) is 2.45. The van der Waals surface area contributed by atoms with Crippen LogP contribution in [0.4, 0.5) is 5.69 Å². The Labute approximate surface area is 121 Å². The van der Waals surface area contributed by atoms with Crippen LogP contribution in [0, 0.1) is 0 Å². The highest BCUT2D eigenvalue weighted by atomic mass is 35.5. The minimum absolute atomic E-state index is 0.296. The van der Waals surface area contributed by atoms with E-state index < -0.39 is 0 Å². The van der Waals surface area contributed by atoms with Crippen LogP contribution in [0.15, 0.2) is 42.5 Å². The maximum Gasteiger partial charge on any atom is 0.266 e. The van der Waals surface area contributed by atoms with Crippen LogP contribution in [0.3, 0.4) is 0 Å². The molecular weight excluding hydrogens is 274 g/mol. The van der Waals surface area contributed by atoms with Gasteiger partial charge in [0.15, 0.2) is 0 Å². The van der Waals surface area contributed by atoms with Crippen LogP contribution < -0.4 is 4.90 Å². The highest BCUT2D eigenvalue weighted by molar-refractivity contribution is 6.36. The van der Waals surface area contributed by atoms with Gasteiger partial charge in [0, 0.05) is 5.02 Å². The second-order valence-electron chi connectivity index (χ2n) is 4.66. The zero-order chi connectivity index (χ0) is 14.3. The summed E-state index contributed by atoms with van der Waals surface area (Å²) in [4.78, 5) is 26.0. The molecule has 100 valence electrons. The Morgan fingerprint density at radius 3 is 2.50 bits per heavy atom. The number of nitrogens with zero attached hydrogens (tertiary/aromatic N) is 1. The summed E-state index contributed by atoms with van der Waals surface area (Å²) in [6.45, 7) is 2.03. The van der Waals surface area contributed by atoms with Crippen molar-refractivity contribution in [2.45, 2.75) is 13.3 Å². The van der Waals surface area contributed by atoms with Gasteiger partial charge in [-0.05, 0) is 42.3 Å². The van der Waals surface area contributed by atoms with Gasteiger partial charge in [0.25, 0.3) is 11.8 Å². The molecule has 20 heavy (non-hydrogen) atoms. The fraction of sp³-hybridized carbons (Fsp3) is 0.125. The van der Waals surface area contributed by atoms with Crippen LogP contribution in [0.25, 0.3) is 0 Å². The topological polar surface area (TPSA) is 37.4 Å². The van der Waals surface area contributed by atoms with Crippen molar-refractivity contribution in [2.75, 3.05) is 4.90 Å². The molecular formula is C16H12ClNO2. The third-order valence-electron chi connectivity index (χ3n) is 3.43. The summed E-state index contributed by atoms with van der Waals surface area (Å²) in [6, 6.07) is 12.2. The Balaban J connectivity index is 2.09. The normalized spacial score (nSPS) is 13.8. The molecule has 0 fully saturated rings. The summed E-state index contributed by atoms with van der Waals surface area (Å²) in [6.07, 6.45) is 0.850. The van der Waals surface area contributed by atoms with Gasteiger partial charge >= 0.3 is 0 Å². The number of rotatable bonds is 2. The van der Waals surface area contributed by atoms with Crippen molar-refractivity contribution in [3.05, 3.63) is 64.2 Å². The minimum Gasteiger partial charge on any atom is -0.268 e. The molecule has 4 heteroatoms. The first-order valence-electron chi connectivity index (χ1n) is 6.39. The summed E-state index contributed by atoms with van der Waals surface area (Å²) in [7, 11) is 0. The second kappa shape index (κ2) is 4.76. The molecule has 0 saturated carbocycles. The smallest absolute Gasteiger partial charge is 0.266 e. The van der Waals surface area contributed by atoms with Gasteiger partial charge in [-0.2, -0.15) is 0 Å². The molecule has 1 aliphatic heterocycles. The van der Waals surface area contributed by atoms with E-state index >= 15 is 0 Å². The largest absolute Gasteiger partial charge is 0.268 e. The van der Waals surface area contributed by atoms with Crippen LogP contribution in [0.2, 0.25) is 5.02 Å². The van der Waals surface area contributed by atoms with Crippen molar-refractivity contribution in [2.24, 2.45) is 0 Å². The molecule has 0 N–H and O–H groups in total. The maximum atomic E-state index is 12.4. The lowest BCUT2D eigenvalue weighted by atomic mass is 10.1. The van der Waals surface area contributed by atoms with Gasteiger partial charge in [-0.15, -0.1) is 0 Å². The Bertz CT molecular complexity index is 724. The molecule has 3 rings (SSSR count). The van der Waals surface area contributed by atoms with Gasteiger partial charge in [0.1, 0.15) is 0 Å². The van der Waals surface area contributed by atoms with Crippen molar-refractivity contribution in [3.63, 3.8) is 0 Å². The van der Waals surface area contributed by atoms with E-state index in [0.29, 0.717) is 21.8 Å². The minimum atomic E-state index is -0.319. The molecule has 0 spiro atoms. The van der Waals surface area contributed by atoms with Gasteiger partial charge in [-0.3, -0.25) is 9.59 Å². The van der Waals surface area contributed by atoms with Gasteiger partial charge in [-0.1, -0.05) is 30.7 Å². The van der Waals surface area contributed by atoms with Gasteiger partial charge in [-0.25, -0.2) is 4.90 Å². The number of anilines is 1. The van der Waals surface area contributed by atoms with Crippen molar-refractivity contribution >= 4 is 29.1 Å². The number of hydrogen-bond acceptors (Lipinski definition) is 2. The van der Waals surface area contributed by atoms with E-state index in [-0.39, 0.29) is 11.8 Å². The predicted octanol–water partition coefficient (Wildman–Crippen LogP) is 3.70. The molecule has 0 aromatic heterocycles. The number of amides is 2. The number of fused-ring (bicyclic) bond motifs is 1. The maximum absolute atomic E-state index is 12.4. The Morgan fingerprint density at radius 2 is 1.75 bits per heavy atom. The van der Waals surface area contributed by atoms with E-state index in [4.69, 9.17) is 11.6 Å². The molecule has 0 atom stereocenters. The Kier molecular flexibility index (Phi) is 3.07. The van der Waals surface area contributed by atoms with Crippen LogP contribution in [-0.2, 0) is 6.42 Å². The fourth-order valence-electron chi connectivity index (χ4n) is 2.36. The highest BCUT2D eigenvalue weighted by Crippen LogP contribution is 2.30. The molecule has 0 saturated heterocycles. The zero-order valence-electron chi connectivity index (χ0n) is 10.9. The molecule has 0 bridgehead atoms. The van der Waals surface area contributed by atoms with E-state index in [0.717, 1.165) is 12.0 Å². The molecule has 2 aromatic carbocycles. The van der Waals surface area contributed by atoms with Gasteiger partial charge < -0.3 is 0 Å². The number of aryl methyl sites for hydroxylation is 1. The van der Waals surface area contributed by atoms with Crippen LogP contribution in [0.5, 0.6) is 0 Å². The Morgan fingerprint density at radius 1 is 1.00 bits per heavy atom. The average molecular weight is 286 g/mol. The monoisotopic (exact) mass is 285 g/mol. The first-order chi connectivity index (χ1) is 9.61. The summed E-state index contributed by atoms with van der Waals surface area (Å²) >= 11 is 5.90. The first-order valence-corrected chi connectivity index (χ1v) is 6.77. The summed E-state index contributed by atoms with van der Waals surface area (Å²) in [5.74, 6) is -0.615. The number of hydrogen-bond donors (Lipinski definition) is 0. The second-order valence-corrected chi connectivity index (χ2v) is 5.10. The van der Waals surface area contributed by atoms with Crippen LogP contribution in [0.1, 0.15) is 33.2 Å². The average Bonchev–Trinajstić information content (AvgIpc) is 2.70. The number of benzene rings is 2. The number of imide groups is 1. The van der Waals surface area contributed by atoms with Gasteiger partial charge in [0.2, 0.25) is 0 Å². The van der Waals surface area contributed by atoms with Gasteiger partial charge in [0.05, 0.1) is 16.8 Å². The molecule has 0 aliphatic carbocycles. The lowest BCUT2D eigenvalue weighted by Gasteiger charge is -2.14. The lowest BCUT2D eigenvalue weighted by molar-refractivity contribution is 0.0926. The molecule has 1 aliphatic rings. The zero-order valence-corrected chi connectivity index (χ0v) is 11.6. The third-order valence-corrected chi connectivity index (χ3v) is 3.66. The lowest BCUT2D eigenvalue weighted by Crippen LogP contribution is -2.29. The molecule has 3 nitrogen and oxygen atoms in total. The first kappa shape index (κ1) is 12.9.